The first-order valence-electron chi connectivity index (χ1n) is 8.07. The van der Waals surface area contributed by atoms with E-state index in [9.17, 15) is 4.79 Å². The summed E-state index contributed by atoms with van der Waals surface area (Å²) in [5.41, 5.74) is 1.99. The van der Waals surface area contributed by atoms with Crippen molar-refractivity contribution in [2.75, 3.05) is 0 Å². The molecule has 0 fully saturated rings. The Balaban J connectivity index is 1.64. The lowest BCUT2D eigenvalue weighted by Crippen LogP contribution is -2.22. The minimum Gasteiger partial charge on any atom is -0.338 e. The number of thiophene rings is 2. The Morgan fingerprint density at radius 2 is 2.15 bits per heavy atom. The van der Waals surface area contributed by atoms with E-state index in [1.54, 1.807) is 27.2 Å². The normalized spacial score (nSPS) is 11.5. The topological polar surface area (TPSA) is 73.8 Å². The van der Waals surface area contributed by atoms with Gasteiger partial charge in [0, 0.05) is 22.4 Å². The van der Waals surface area contributed by atoms with Gasteiger partial charge in [0.25, 0.3) is 5.56 Å². The molecule has 0 aliphatic rings. The maximum Gasteiger partial charge on any atom is 0.263 e. The van der Waals surface area contributed by atoms with Crippen LogP contribution in [0.1, 0.15) is 23.3 Å². The quantitative estimate of drug-likeness (QED) is 0.360. The second-order valence-corrected chi connectivity index (χ2v) is 8.65. The molecule has 0 N–H and O–H groups in total. The van der Waals surface area contributed by atoms with E-state index in [0.717, 1.165) is 26.2 Å². The van der Waals surface area contributed by atoms with Gasteiger partial charge in [0.05, 0.1) is 11.1 Å². The number of aromatic nitrogens is 4. The molecular weight excluding hydrogens is 388 g/mol. The lowest BCUT2D eigenvalue weighted by atomic mass is 10.2. The van der Waals surface area contributed by atoms with Gasteiger partial charge < -0.3 is 4.52 Å². The molecule has 26 heavy (non-hydrogen) atoms. The Kier molecular flexibility index (Phi) is 4.68. The summed E-state index contributed by atoms with van der Waals surface area (Å²) in [6, 6.07) is 1.96. The van der Waals surface area contributed by atoms with Crippen LogP contribution in [0.5, 0.6) is 0 Å². The van der Waals surface area contributed by atoms with E-state index in [-0.39, 0.29) is 5.56 Å². The molecule has 9 heteroatoms. The second kappa shape index (κ2) is 6.98. The molecule has 4 heterocycles. The molecular formula is C17H16N4O2S3. The monoisotopic (exact) mass is 404 g/mol. The van der Waals surface area contributed by atoms with Gasteiger partial charge in [0.2, 0.25) is 11.7 Å². The van der Waals surface area contributed by atoms with Crippen molar-refractivity contribution in [1.82, 2.24) is 19.7 Å². The SMILES string of the molecule is CCn1c(SCc2nc(-c3ccsc3)no2)nc2sc(C)c(C)c2c1=O. The smallest absolute Gasteiger partial charge is 0.263 e. The van der Waals surface area contributed by atoms with Crippen LogP contribution >= 0.6 is 34.4 Å². The van der Waals surface area contributed by atoms with Crippen molar-refractivity contribution >= 4 is 44.7 Å². The van der Waals surface area contributed by atoms with Crippen LogP contribution < -0.4 is 5.56 Å². The van der Waals surface area contributed by atoms with Crippen LogP contribution in [0.4, 0.5) is 0 Å². The largest absolute Gasteiger partial charge is 0.338 e. The van der Waals surface area contributed by atoms with Gasteiger partial charge in [-0.25, -0.2) is 4.98 Å². The summed E-state index contributed by atoms with van der Waals surface area (Å²) in [5, 5.41) is 9.39. The molecule has 0 aliphatic heterocycles. The van der Waals surface area contributed by atoms with Crippen LogP contribution in [0, 0.1) is 13.8 Å². The third-order valence-corrected chi connectivity index (χ3v) is 6.89. The molecule has 134 valence electrons. The van der Waals surface area contributed by atoms with E-state index in [2.05, 4.69) is 10.1 Å². The van der Waals surface area contributed by atoms with Crippen LogP contribution in [-0.2, 0) is 12.3 Å². The third-order valence-electron chi connectivity index (χ3n) is 4.14. The summed E-state index contributed by atoms with van der Waals surface area (Å²) in [4.78, 5) is 23.9. The van der Waals surface area contributed by atoms with Gasteiger partial charge in [0.1, 0.15) is 4.83 Å². The van der Waals surface area contributed by atoms with Crippen LogP contribution in [0.25, 0.3) is 21.6 Å². The number of nitrogens with zero attached hydrogens (tertiary/aromatic N) is 4. The van der Waals surface area contributed by atoms with E-state index in [1.807, 2.05) is 37.6 Å². The molecule has 0 bridgehead atoms. The highest BCUT2D eigenvalue weighted by Gasteiger charge is 2.17. The molecule has 0 spiro atoms. The first-order chi connectivity index (χ1) is 12.6. The highest BCUT2D eigenvalue weighted by molar-refractivity contribution is 7.98. The summed E-state index contributed by atoms with van der Waals surface area (Å²) in [5.74, 6) is 1.58. The standard InChI is InChI=1S/C17H16N4O2S3/c1-4-21-16(22)13-9(2)10(3)26-15(13)19-17(21)25-8-12-18-14(20-23-12)11-5-6-24-7-11/h5-7H,4,8H2,1-3H3. The Morgan fingerprint density at radius 1 is 1.31 bits per heavy atom. The molecule has 0 atom stereocenters. The average molecular weight is 405 g/mol. The molecule has 0 unspecified atom stereocenters. The Labute approximate surface area is 161 Å². The first-order valence-corrected chi connectivity index (χ1v) is 10.8. The molecule has 0 radical (unpaired) electrons. The molecule has 0 saturated heterocycles. The zero-order valence-electron chi connectivity index (χ0n) is 14.5. The molecule has 0 aliphatic carbocycles. The molecule has 4 aromatic rings. The minimum absolute atomic E-state index is 0.0198. The Bertz CT molecular complexity index is 1130. The van der Waals surface area contributed by atoms with E-state index in [4.69, 9.17) is 9.51 Å². The van der Waals surface area contributed by atoms with E-state index >= 15 is 0 Å². The van der Waals surface area contributed by atoms with E-state index in [1.165, 1.54) is 11.8 Å². The average Bonchev–Trinajstić information content (AvgIpc) is 3.34. The Hall–Kier alpha value is -1.97. The maximum atomic E-state index is 12.9. The lowest BCUT2D eigenvalue weighted by molar-refractivity contribution is 0.391. The fraction of sp³-hybridized carbons (Fsp3) is 0.294. The fourth-order valence-corrected chi connectivity index (χ4v) is 5.25. The van der Waals surface area contributed by atoms with Gasteiger partial charge in [-0.3, -0.25) is 9.36 Å². The number of thioether (sulfide) groups is 1. The molecule has 4 aromatic heterocycles. The summed E-state index contributed by atoms with van der Waals surface area (Å²) in [6.07, 6.45) is 0. The highest BCUT2D eigenvalue weighted by Crippen LogP contribution is 2.29. The van der Waals surface area contributed by atoms with Crippen molar-refractivity contribution in [3.8, 4) is 11.4 Å². The van der Waals surface area contributed by atoms with Crippen molar-refractivity contribution in [3.63, 3.8) is 0 Å². The summed E-state index contributed by atoms with van der Waals surface area (Å²) >= 11 is 4.60. The van der Waals surface area contributed by atoms with Crippen molar-refractivity contribution in [2.45, 2.75) is 38.2 Å². The number of hydrogen-bond donors (Lipinski definition) is 0. The van der Waals surface area contributed by atoms with Gasteiger partial charge in [-0.15, -0.1) is 11.3 Å². The van der Waals surface area contributed by atoms with Gasteiger partial charge in [-0.2, -0.15) is 16.3 Å². The van der Waals surface area contributed by atoms with Crippen LogP contribution in [0.15, 0.2) is 31.3 Å². The van der Waals surface area contributed by atoms with Gasteiger partial charge in [-0.05, 0) is 37.8 Å². The van der Waals surface area contributed by atoms with Crippen molar-refractivity contribution < 1.29 is 4.52 Å². The number of aryl methyl sites for hydroxylation is 2. The molecule has 4 rings (SSSR count). The van der Waals surface area contributed by atoms with Crippen molar-refractivity contribution in [3.05, 3.63) is 43.5 Å². The van der Waals surface area contributed by atoms with Crippen molar-refractivity contribution in [1.29, 1.82) is 0 Å². The predicted octanol–water partition coefficient (Wildman–Crippen LogP) is 4.50. The minimum atomic E-state index is 0.0198. The zero-order chi connectivity index (χ0) is 18.3. The van der Waals surface area contributed by atoms with E-state index < -0.39 is 0 Å². The first kappa shape index (κ1) is 17.4. The number of rotatable bonds is 5. The van der Waals surface area contributed by atoms with E-state index in [0.29, 0.717) is 29.2 Å². The van der Waals surface area contributed by atoms with Crippen LogP contribution in [0.2, 0.25) is 0 Å². The number of fused-ring (bicyclic) bond motifs is 1. The fourth-order valence-electron chi connectivity index (χ4n) is 2.65. The second-order valence-electron chi connectivity index (χ2n) is 5.72. The van der Waals surface area contributed by atoms with Gasteiger partial charge in [-0.1, -0.05) is 16.9 Å². The summed E-state index contributed by atoms with van der Waals surface area (Å²) in [6.45, 7) is 6.53. The highest BCUT2D eigenvalue weighted by atomic mass is 32.2. The van der Waals surface area contributed by atoms with Crippen LogP contribution in [0.3, 0.4) is 0 Å². The molecule has 6 nitrogen and oxygen atoms in total. The van der Waals surface area contributed by atoms with Crippen LogP contribution in [-0.4, -0.2) is 19.7 Å². The lowest BCUT2D eigenvalue weighted by Gasteiger charge is -2.08. The molecule has 0 aromatic carbocycles. The van der Waals surface area contributed by atoms with Crippen molar-refractivity contribution in [2.24, 2.45) is 0 Å². The Morgan fingerprint density at radius 3 is 2.88 bits per heavy atom. The number of hydrogen-bond acceptors (Lipinski definition) is 8. The maximum absolute atomic E-state index is 12.9. The van der Waals surface area contributed by atoms with Gasteiger partial charge >= 0.3 is 0 Å². The molecule has 0 amide bonds. The third kappa shape index (κ3) is 3.00. The summed E-state index contributed by atoms with van der Waals surface area (Å²) in [7, 11) is 0. The zero-order valence-corrected chi connectivity index (χ0v) is 16.9. The van der Waals surface area contributed by atoms with Gasteiger partial charge in [0.15, 0.2) is 5.16 Å². The summed E-state index contributed by atoms with van der Waals surface area (Å²) < 4.78 is 7.05. The predicted molar refractivity (Wildman–Crippen MR) is 106 cm³/mol. The molecule has 0 saturated carbocycles.